The first-order valence-corrected chi connectivity index (χ1v) is 9.58. The first kappa shape index (κ1) is 17.9. The molecule has 2 aromatic rings. The molecular weight excluding hydrogens is 342 g/mol. The number of benzene rings is 1. The minimum atomic E-state index is -0.198. The zero-order valence-electron chi connectivity index (χ0n) is 16.0. The molecule has 0 bridgehead atoms. The third-order valence-corrected chi connectivity index (χ3v) is 5.44. The van der Waals surface area contributed by atoms with Crippen molar-refractivity contribution < 1.29 is 24.0 Å². The molecule has 2 aliphatic heterocycles. The highest BCUT2D eigenvalue weighted by atomic mass is 16.5. The molecule has 0 saturated carbocycles. The largest absolute Gasteiger partial charge is 0.872 e. The topological polar surface area (TPSA) is 66.9 Å². The summed E-state index contributed by atoms with van der Waals surface area (Å²) in [4.78, 5) is 14.1. The second-order valence-electron chi connectivity index (χ2n) is 8.09. The van der Waals surface area contributed by atoms with Crippen LogP contribution < -0.4 is 14.7 Å². The van der Waals surface area contributed by atoms with E-state index in [4.69, 9.17) is 9.15 Å². The smallest absolute Gasteiger partial charge is 0.232 e. The maximum Gasteiger partial charge on any atom is 0.232 e. The molecule has 1 aromatic carbocycles. The molecule has 142 valence electrons. The van der Waals surface area contributed by atoms with Gasteiger partial charge in [0, 0.05) is 23.5 Å². The van der Waals surface area contributed by atoms with Crippen LogP contribution in [-0.2, 0) is 6.54 Å². The lowest BCUT2D eigenvalue weighted by Crippen LogP contribution is -3.13. The number of furan rings is 1. The van der Waals surface area contributed by atoms with Crippen LogP contribution in [0.25, 0.3) is 6.08 Å². The molecular formula is C22H25NO4. The Balaban J connectivity index is 1.63. The average molecular weight is 367 g/mol. The maximum atomic E-state index is 12.7. The van der Waals surface area contributed by atoms with Crippen molar-refractivity contribution in [3.63, 3.8) is 0 Å². The third kappa shape index (κ3) is 3.52. The normalized spacial score (nSPS) is 26.3. The highest BCUT2D eigenvalue weighted by molar-refractivity contribution is 6.14. The van der Waals surface area contributed by atoms with Crippen LogP contribution in [0.3, 0.4) is 0 Å². The summed E-state index contributed by atoms with van der Waals surface area (Å²) in [6, 6.07) is 6.70. The van der Waals surface area contributed by atoms with Crippen molar-refractivity contribution in [3.05, 3.63) is 52.7 Å². The Morgan fingerprint density at radius 2 is 1.93 bits per heavy atom. The van der Waals surface area contributed by atoms with Gasteiger partial charge in [-0.1, -0.05) is 25.7 Å². The molecule has 0 amide bonds. The number of carbonyl (C=O) groups is 1. The van der Waals surface area contributed by atoms with Crippen molar-refractivity contribution in [2.45, 2.75) is 33.7 Å². The number of likely N-dealkylation sites (tertiary alicyclic amines) is 1. The van der Waals surface area contributed by atoms with Gasteiger partial charge in [0.05, 0.1) is 18.7 Å². The van der Waals surface area contributed by atoms with E-state index in [2.05, 4.69) is 13.8 Å². The fourth-order valence-corrected chi connectivity index (χ4v) is 4.43. The summed E-state index contributed by atoms with van der Waals surface area (Å²) in [5.41, 5.74) is 1.08. The van der Waals surface area contributed by atoms with Crippen molar-refractivity contribution in [1.82, 2.24) is 0 Å². The quantitative estimate of drug-likeness (QED) is 0.846. The van der Waals surface area contributed by atoms with Gasteiger partial charge < -0.3 is 19.2 Å². The highest BCUT2D eigenvalue weighted by Gasteiger charge is 2.32. The molecule has 2 atom stereocenters. The van der Waals surface area contributed by atoms with Gasteiger partial charge in [-0.25, -0.2) is 0 Å². The Morgan fingerprint density at radius 1 is 1.19 bits per heavy atom. The van der Waals surface area contributed by atoms with Crippen LogP contribution in [0.4, 0.5) is 0 Å². The van der Waals surface area contributed by atoms with E-state index in [0.29, 0.717) is 41.0 Å². The zero-order chi connectivity index (χ0) is 19.1. The first-order chi connectivity index (χ1) is 12.9. The van der Waals surface area contributed by atoms with E-state index in [-0.39, 0.29) is 17.3 Å². The summed E-state index contributed by atoms with van der Waals surface area (Å²) in [5.74, 6) is 2.99. The van der Waals surface area contributed by atoms with E-state index in [1.165, 1.54) is 17.4 Å². The maximum absolute atomic E-state index is 12.7. The van der Waals surface area contributed by atoms with Gasteiger partial charge >= 0.3 is 0 Å². The fraction of sp³-hybridized carbons (Fsp3) is 0.409. The Labute approximate surface area is 159 Å². The molecule has 1 N–H and O–H groups in total. The van der Waals surface area contributed by atoms with Crippen LogP contribution >= 0.6 is 0 Å². The van der Waals surface area contributed by atoms with Gasteiger partial charge in [-0.2, -0.15) is 0 Å². The summed E-state index contributed by atoms with van der Waals surface area (Å²) in [5, 5.41) is 12.5. The van der Waals surface area contributed by atoms with Crippen molar-refractivity contribution >= 4 is 11.9 Å². The predicted molar refractivity (Wildman–Crippen MR) is 99.6 cm³/mol. The second kappa shape index (κ2) is 6.89. The van der Waals surface area contributed by atoms with E-state index >= 15 is 0 Å². The Morgan fingerprint density at radius 3 is 2.59 bits per heavy atom. The first-order valence-electron chi connectivity index (χ1n) is 9.58. The van der Waals surface area contributed by atoms with Gasteiger partial charge in [0.1, 0.15) is 23.8 Å². The Bertz CT molecular complexity index is 901. The number of ketones is 1. The number of piperidine rings is 1. The minimum Gasteiger partial charge on any atom is -0.872 e. The molecule has 2 unspecified atom stereocenters. The summed E-state index contributed by atoms with van der Waals surface area (Å²) in [7, 11) is 0. The molecule has 3 heterocycles. The molecule has 1 saturated heterocycles. The summed E-state index contributed by atoms with van der Waals surface area (Å²) in [6.45, 7) is 9.03. The molecule has 0 radical (unpaired) electrons. The lowest BCUT2D eigenvalue weighted by atomic mass is 9.91. The zero-order valence-corrected chi connectivity index (χ0v) is 16.0. The lowest BCUT2D eigenvalue weighted by Gasteiger charge is -2.33. The molecule has 0 aliphatic carbocycles. The number of ether oxygens (including phenoxy) is 1. The minimum absolute atomic E-state index is 0.0602. The van der Waals surface area contributed by atoms with Crippen molar-refractivity contribution in [3.8, 4) is 11.5 Å². The van der Waals surface area contributed by atoms with Gasteiger partial charge in [-0.15, -0.1) is 0 Å². The molecule has 4 rings (SSSR count). The van der Waals surface area contributed by atoms with Crippen LogP contribution in [0.15, 0.2) is 34.4 Å². The predicted octanol–water partition coefficient (Wildman–Crippen LogP) is 2.34. The molecule has 0 spiro atoms. The van der Waals surface area contributed by atoms with E-state index < -0.39 is 0 Å². The molecule has 5 nitrogen and oxygen atoms in total. The van der Waals surface area contributed by atoms with Crippen LogP contribution in [0.2, 0.25) is 0 Å². The molecule has 27 heavy (non-hydrogen) atoms. The van der Waals surface area contributed by atoms with E-state index in [1.807, 2.05) is 13.0 Å². The summed E-state index contributed by atoms with van der Waals surface area (Å²) >= 11 is 0. The monoisotopic (exact) mass is 367 g/mol. The molecule has 2 aliphatic rings. The van der Waals surface area contributed by atoms with Gasteiger partial charge in [0.25, 0.3) is 0 Å². The number of allylic oxidation sites excluding steroid dienone is 1. The molecule has 5 heteroatoms. The van der Waals surface area contributed by atoms with Gasteiger partial charge in [-0.05, 0) is 31.5 Å². The number of hydrogen-bond donors (Lipinski definition) is 1. The molecule has 1 fully saturated rings. The highest BCUT2D eigenvalue weighted by Crippen LogP contribution is 2.38. The average Bonchev–Trinajstić information content (AvgIpc) is 3.14. The summed E-state index contributed by atoms with van der Waals surface area (Å²) in [6.07, 6.45) is 2.83. The van der Waals surface area contributed by atoms with Crippen molar-refractivity contribution in [1.29, 1.82) is 0 Å². The molecule has 1 aromatic heterocycles. The van der Waals surface area contributed by atoms with Crippen LogP contribution in [0.5, 0.6) is 11.5 Å². The number of carbonyl (C=O) groups excluding carboxylic acids is 1. The van der Waals surface area contributed by atoms with Gasteiger partial charge in [0.2, 0.25) is 5.78 Å². The van der Waals surface area contributed by atoms with Crippen molar-refractivity contribution in [2.75, 3.05) is 13.1 Å². The second-order valence-corrected chi connectivity index (χ2v) is 8.09. The Hall–Kier alpha value is -2.53. The number of fused-ring (bicyclic) bond motifs is 1. The lowest BCUT2D eigenvalue weighted by molar-refractivity contribution is -0.925. The Kier molecular flexibility index (Phi) is 4.56. The fourth-order valence-electron chi connectivity index (χ4n) is 4.43. The van der Waals surface area contributed by atoms with Crippen LogP contribution in [-0.4, -0.2) is 18.9 Å². The standard InChI is InChI=1S/C22H25NO4/c1-13-8-14(2)11-23(10-13)12-18-19(24)7-6-17-21(25)20(27-22(17)18)9-16-5-4-15(3)26-16/h4-7,9,13-14,24H,8,10-12H2,1-3H3. The SMILES string of the molecule is Cc1ccc(C=C2Oc3c(ccc([O-])c3C[NH+]3CC(C)CC(C)C3)C2=O)o1. The van der Waals surface area contributed by atoms with Gasteiger partial charge in [-0.3, -0.25) is 4.79 Å². The summed E-state index contributed by atoms with van der Waals surface area (Å²) < 4.78 is 11.4. The van der Waals surface area contributed by atoms with E-state index in [9.17, 15) is 9.90 Å². The number of nitrogens with one attached hydrogen (secondary N) is 1. The van der Waals surface area contributed by atoms with Crippen LogP contribution in [0, 0.1) is 18.8 Å². The third-order valence-electron chi connectivity index (χ3n) is 5.44. The van der Waals surface area contributed by atoms with E-state index in [1.54, 1.807) is 18.2 Å². The van der Waals surface area contributed by atoms with Crippen molar-refractivity contribution in [2.24, 2.45) is 11.8 Å². The van der Waals surface area contributed by atoms with Crippen LogP contribution in [0.1, 0.15) is 47.7 Å². The number of Topliss-reactive ketones (excluding diaryl/α,β-unsaturated/α-hetero) is 1. The van der Waals surface area contributed by atoms with E-state index in [0.717, 1.165) is 18.8 Å². The number of aryl methyl sites for hydroxylation is 1. The number of rotatable bonds is 3. The number of hydrogen-bond acceptors (Lipinski definition) is 4. The number of quaternary nitrogens is 1. The van der Waals surface area contributed by atoms with Gasteiger partial charge in [0.15, 0.2) is 5.76 Å².